The number of nitrogens with zero attached hydrogens (tertiary/aromatic N) is 2. The van der Waals surface area contributed by atoms with Crippen LogP contribution in [0.25, 0.3) is 11.4 Å². The monoisotopic (exact) mass is 344 g/mol. The van der Waals surface area contributed by atoms with E-state index in [0.29, 0.717) is 16.0 Å². The van der Waals surface area contributed by atoms with Gasteiger partial charge in [-0.2, -0.15) is 0 Å². The summed E-state index contributed by atoms with van der Waals surface area (Å²) in [5, 5.41) is 10.9. The van der Waals surface area contributed by atoms with Crippen LogP contribution in [0.2, 0.25) is 5.02 Å². The highest BCUT2D eigenvalue weighted by molar-refractivity contribution is 7.99. The maximum atomic E-state index is 11.9. The lowest BCUT2D eigenvalue weighted by atomic mass is 10.2. The molecule has 2 aromatic carbocycles. The van der Waals surface area contributed by atoms with Gasteiger partial charge in [-0.1, -0.05) is 53.7 Å². The van der Waals surface area contributed by atoms with E-state index in [2.05, 4.69) is 20.5 Å². The van der Waals surface area contributed by atoms with Crippen LogP contribution in [-0.2, 0) is 4.79 Å². The van der Waals surface area contributed by atoms with Gasteiger partial charge in [0.2, 0.25) is 11.1 Å². The van der Waals surface area contributed by atoms with Crippen LogP contribution in [0.5, 0.6) is 0 Å². The third-order valence-corrected chi connectivity index (χ3v) is 4.16. The number of aromatic nitrogens is 3. The molecule has 0 bridgehead atoms. The average molecular weight is 345 g/mol. The number of rotatable bonds is 5. The van der Waals surface area contributed by atoms with E-state index in [9.17, 15) is 4.79 Å². The first kappa shape index (κ1) is 15.6. The van der Waals surface area contributed by atoms with Gasteiger partial charge < -0.3 is 5.32 Å². The van der Waals surface area contributed by atoms with Crippen LogP contribution in [0.1, 0.15) is 0 Å². The van der Waals surface area contributed by atoms with E-state index in [1.54, 1.807) is 6.07 Å². The smallest absolute Gasteiger partial charge is 0.234 e. The van der Waals surface area contributed by atoms with Crippen LogP contribution >= 0.6 is 23.4 Å². The van der Waals surface area contributed by atoms with E-state index in [1.807, 2.05) is 48.5 Å². The van der Waals surface area contributed by atoms with Gasteiger partial charge in [-0.05, 0) is 24.3 Å². The Morgan fingerprint density at radius 3 is 2.65 bits per heavy atom. The number of benzene rings is 2. The number of carbonyl (C=O) groups is 1. The Labute approximate surface area is 142 Å². The van der Waals surface area contributed by atoms with Crippen molar-refractivity contribution < 1.29 is 4.79 Å². The number of carbonyl (C=O) groups excluding carboxylic acids is 1. The second-order valence-corrected chi connectivity index (χ2v) is 6.00. The number of nitrogens with one attached hydrogen (secondary N) is 2. The fourth-order valence-electron chi connectivity index (χ4n) is 1.93. The molecule has 1 aromatic heterocycles. The molecule has 3 rings (SSSR count). The minimum Gasteiger partial charge on any atom is -0.325 e. The van der Waals surface area contributed by atoms with Gasteiger partial charge in [-0.25, -0.2) is 4.98 Å². The number of H-pyrrole nitrogens is 1. The molecule has 0 aliphatic rings. The number of hydrogen-bond donors (Lipinski definition) is 2. The number of para-hydroxylation sites is 1. The summed E-state index contributed by atoms with van der Waals surface area (Å²) < 4.78 is 0. The summed E-state index contributed by atoms with van der Waals surface area (Å²) in [5.41, 5.74) is 1.55. The number of amides is 1. The lowest BCUT2D eigenvalue weighted by Crippen LogP contribution is -2.13. The summed E-state index contributed by atoms with van der Waals surface area (Å²) in [7, 11) is 0. The zero-order valence-electron chi connectivity index (χ0n) is 12.0. The van der Waals surface area contributed by atoms with Crippen molar-refractivity contribution in [3.63, 3.8) is 0 Å². The molecule has 0 radical (unpaired) electrons. The van der Waals surface area contributed by atoms with Crippen molar-refractivity contribution in [1.82, 2.24) is 15.2 Å². The molecule has 0 unspecified atom stereocenters. The topological polar surface area (TPSA) is 70.7 Å². The minimum atomic E-state index is -0.106. The standard InChI is InChI=1S/C16H13ClN4OS/c17-13-9-5-4-8-12(13)15-19-16(21-20-15)23-10-14(22)18-11-6-2-1-3-7-11/h1-9H,10H2,(H,18,22)(H,19,20,21). The first-order valence-corrected chi connectivity index (χ1v) is 8.24. The second kappa shape index (κ2) is 7.30. The van der Waals surface area contributed by atoms with Crippen molar-refractivity contribution in [2.45, 2.75) is 5.16 Å². The molecular formula is C16H13ClN4OS. The van der Waals surface area contributed by atoms with Crippen LogP contribution in [0.15, 0.2) is 59.8 Å². The number of thioether (sulfide) groups is 1. The molecule has 0 saturated heterocycles. The molecule has 1 heterocycles. The molecule has 5 nitrogen and oxygen atoms in total. The van der Waals surface area contributed by atoms with Crippen molar-refractivity contribution in [2.75, 3.05) is 11.1 Å². The fourth-order valence-corrected chi connectivity index (χ4v) is 2.76. The molecule has 0 aliphatic heterocycles. The highest BCUT2D eigenvalue weighted by atomic mass is 35.5. The summed E-state index contributed by atoms with van der Waals surface area (Å²) in [6.45, 7) is 0. The summed E-state index contributed by atoms with van der Waals surface area (Å²) in [4.78, 5) is 16.3. The van der Waals surface area contributed by atoms with E-state index >= 15 is 0 Å². The third-order valence-electron chi connectivity index (χ3n) is 2.98. The Bertz CT molecular complexity index is 807. The quantitative estimate of drug-likeness (QED) is 0.689. The van der Waals surface area contributed by atoms with Gasteiger partial charge in [0.05, 0.1) is 10.8 Å². The van der Waals surface area contributed by atoms with Gasteiger partial charge in [-0.15, -0.1) is 5.10 Å². The number of anilines is 1. The molecule has 0 atom stereocenters. The minimum absolute atomic E-state index is 0.106. The van der Waals surface area contributed by atoms with E-state index in [4.69, 9.17) is 11.6 Å². The van der Waals surface area contributed by atoms with Crippen LogP contribution in [0.4, 0.5) is 5.69 Å². The van der Waals surface area contributed by atoms with Gasteiger partial charge in [0.1, 0.15) is 0 Å². The molecule has 7 heteroatoms. The second-order valence-electron chi connectivity index (χ2n) is 4.65. The summed E-state index contributed by atoms with van der Waals surface area (Å²) in [6.07, 6.45) is 0. The van der Waals surface area contributed by atoms with Crippen molar-refractivity contribution in [3.8, 4) is 11.4 Å². The lowest BCUT2D eigenvalue weighted by Gasteiger charge is -2.02. The first-order chi connectivity index (χ1) is 11.2. The summed E-state index contributed by atoms with van der Waals surface area (Å²) in [5.74, 6) is 0.709. The zero-order valence-corrected chi connectivity index (χ0v) is 13.6. The Balaban J connectivity index is 1.59. The molecule has 1 amide bonds. The number of aromatic amines is 1. The van der Waals surface area contributed by atoms with Gasteiger partial charge in [-0.3, -0.25) is 9.89 Å². The normalized spacial score (nSPS) is 10.5. The van der Waals surface area contributed by atoms with Gasteiger partial charge >= 0.3 is 0 Å². The first-order valence-electron chi connectivity index (χ1n) is 6.87. The van der Waals surface area contributed by atoms with Crippen LogP contribution in [0, 0.1) is 0 Å². The molecule has 0 saturated carbocycles. The molecule has 3 aromatic rings. The predicted molar refractivity (Wildman–Crippen MR) is 92.6 cm³/mol. The molecule has 2 N–H and O–H groups in total. The van der Waals surface area contributed by atoms with Crippen LogP contribution in [0.3, 0.4) is 0 Å². The molecule has 116 valence electrons. The van der Waals surface area contributed by atoms with E-state index in [-0.39, 0.29) is 11.7 Å². The van der Waals surface area contributed by atoms with Crippen molar-refractivity contribution in [3.05, 3.63) is 59.6 Å². The lowest BCUT2D eigenvalue weighted by molar-refractivity contribution is -0.113. The number of halogens is 1. The highest BCUT2D eigenvalue weighted by Crippen LogP contribution is 2.25. The third kappa shape index (κ3) is 4.12. The average Bonchev–Trinajstić information content (AvgIpc) is 3.03. The molecule has 0 aliphatic carbocycles. The molecule has 23 heavy (non-hydrogen) atoms. The number of hydrogen-bond acceptors (Lipinski definition) is 4. The predicted octanol–water partition coefficient (Wildman–Crippen LogP) is 3.86. The van der Waals surface area contributed by atoms with Crippen molar-refractivity contribution >= 4 is 35.0 Å². The highest BCUT2D eigenvalue weighted by Gasteiger charge is 2.11. The summed E-state index contributed by atoms with van der Waals surface area (Å²) >= 11 is 7.39. The Hall–Kier alpha value is -2.31. The van der Waals surface area contributed by atoms with Gasteiger partial charge in [0.15, 0.2) is 5.82 Å². The SMILES string of the molecule is O=C(CSc1n[nH]c(-c2ccccc2Cl)n1)Nc1ccccc1. The summed E-state index contributed by atoms with van der Waals surface area (Å²) in [6, 6.07) is 16.7. The van der Waals surface area contributed by atoms with E-state index < -0.39 is 0 Å². The van der Waals surface area contributed by atoms with E-state index in [0.717, 1.165) is 11.3 Å². The van der Waals surface area contributed by atoms with Gasteiger partial charge in [0.25, 0.3) is 0 Å². The van der Waals surface area contributed by atoms with Crippen molar-refractivity contribution in [2.24, 2.45) is 0 Å². The Morgan fingerprint density at radius 1 is 1.13 bits per heavy atom. The van der Waals surface area contributed by atoms with Crippen LogP contribution in [-0.4, -0.2) is 26.8 Å². The molecule has 0 fully saturated rings. The zero-order chi connectivity index (χ0) is 16.1. The Kier molecular flexibility index (Phi) is 4.95. The molecule has 0 spiro atoms. The van der Waals surface area contributed by atoms with Crippen molar-refractivity contribution in [1.29, 1.82) is 0 Å². The van der Waals surface area contributed by atoms with E-state index in [1.165, 1.54) is 11.8 Å². The maximum absolute atomic E-state index is 11.9. The van der Waals surface area contributed by atoms with Crippen LogP contribution < -0.4 is 5.32 Å². The van der Waals surface area contributed by atoms with Gasteiger partial charge in [0, 0.05) is 11.3 Å². The Morgan fingerprint density at radius 2 is 1.87 bits per heavy atom. The maximum Gasteiger partial charge on any atom is 0.234 e. The largest absolute Gasteiger partial charge is 0.325 e. The fraction of sp³-hybridized carbons (Fsp3) is 0.0625. The molecular weight excluding hydrogens is 332 g/mol.